The number of fused-ring (bicyclic) bond motifs is 1. The molecule has 11 heteroatoms. The van der Waals surface area contributed by atoms with E-state index in [4.69, 9.17) is 9.47 Å². The van der Waals surface area contributed by atoms with Gasteiger partial charge in [-0.05, 0) is 43.0 Å². The highest BCUT2D eigenvalue weighted by Crippen LogP contribution is 2.31. The van der Waals surface area contributed by atoms with E-state index in [-0.39, 0.29) is 17.0 Å². The number of benzene rings is 1. The fourth-order valence-electron chi connectivity index (χ4n) is 3.68. The van der Waals surface area contributed by atoms with Gasteiger partial charge in [-0.2, -0.15) is 5.10 Å². The number of nitrogens with zero attached hydrogens (tertiary/aromatic N) is 5. The summed E-state index contributed by atoms with van der Waals surface area (Å²) < 4.78 is 36.4. The molecule has 10 nitrogen and oxygen atoms in total. The molecular formula is C22H27N5O5S. The second kappa shape index (κ2) is 9.34. The highest BCUT2D eigenvalue weighted by Gasteiger charge is 2.27. The van der Waals surface area contributed by atoms with Gasteiger partial charge in [-0.1, -0.05) is 13.8 Å². The molecule has 0 spiro atoms. The van der Waals surface area contributed by atoms with Crippen LogP contribution in [-0.4, -0.2) is 65.1 Å². The van der Waals surface area contributed by atoms with Crippen LogP contribution < -0.4 is 4.74 Å². The van der Waals surface area contributed by atoms with Crippen molar-refractivity contribution in [3.63, 3.8) is 0 Å². The zero-order valence-electron chi connectivity index (χ0n) is 18.8. The molecule has 3 aromatic rings. The predicted molar refractivity (Wildman–Crippen MR) is 121 cm³/mol. The number of hydrogen-bond donors (Lipinski definition) is 0. The molecule has 1 aromatic carbocycles. The van der Waals surface area contributed by atoms with Crippen LogP contribution in [0.1, 0.15) is 32.7 Å². The molecule has 0 atom stereocenters. The average Bonchev–Trinajstić information content (AvgIpc) is 3.22. The summed E-state index contributed by atoms with van der Waals surface area (Å²) in [6.07, 6.45) is 5.44. The lowest BCUT2D eigenvalue weighted by molar-refractivity contribution is 0.0792. The Morgan fingerprint density at radius 3 is 2.48 bits per heavy atom. The maximum atomic E-state index is 12.2. The number of aromatic nitrogens is 4. The minimum absolute atomic E-state index is 0.0912. The molecule has 1 aliphatic rings. The molecule has 1 aliphatic heterocycles. The minimum Gasteiger partial charge on any atom is -0.449 e. The van der Waals surface area contributed by atoms with E-state index in [1.54, 1.807) is 23.2 Å². The second-order valence-corrected chi connectivity index (χ2v) is 10.6. The maximum Gasteiger partial charge on any atom is 0.409 e. The number of rotatable bonds is 6. The van der Waals surface area contributed by atoms with Gasteiger partial charge in [0.1, 0.15) is 17.5 Å². The number of amides is 1. The highest BCUT2D eigenvalue weighted by molar-refractivity contribution is 7.90. The van der Waals surface area contributed by atoms with E-state index < -0.39 is 9.84 Å². The van der Waals surface area contributed by atoms with Crippen LogP contribution in [0.2, 0.25) is 0 Å². The van der Waals surface area contributed by atoms with Crippen molar-refractivity contribution in [2.75, 3.05) is 26.0 Å². The van der Waals surface area contributed by atoms with Crippen LogP contribution in [0.4, 0.5) is 4.79 Å². The molecule has 0 aliphatic carbocycles. The fourth-order valence-corrected chi connectivity index (χ4v) is 4.31. The molecule has 33 heavy (non-hydrogen) atoms. The monoisotopic (exact) mass is 473 g/mol. The van der Waals surface area contributed by atoms with Crippen LogP contribution in [0, 0.1) is 5.92 Å². The Bertz CT molecular complexity index is 1230. The van der Waals surface area contributed by atoms with Gasteiger partial charge in [0.15, 0.2) is 15.5 Å². The quantitative estimate of drug-likeness (QED) is 0.534. The van der Waals surface area contributed by atoms with Crippen molar-refractivity contribution >= 4 is 27.0 Å². The third-order valence-corrected chi connectivity index (χ3v) is 6.56. The zero-order valence-corrected chi connectivity index (χ0v) is 19.7. The van der Waals surface area contributed by atoms with Crippen molar-refractivity contribution in [2.45, 2.75) is 37.6 Å². The maximum absolute atomic E-state index is 12.2. The second-order valence-electron chi connectivity index (χ2n) is 8.54. The molecule has 2 aromatic heterocycles. The Kier molecular flexibility index (Phi) is 6.50. The van der Waals surface area contributed by atoms with Crippen LogP contribution in [-0.2, 0) is 14.6 Å². The van der Waals surface area contributed by atoms with E-state index in [1.807, 2.05) is 18.5 Å². The summed E-state index contributed by atoms with van der Waals surface area (Å²) >= 11 is 0. The summed E-state index contributed by atoms with van der Waals surface area (Å²) in [5.74, 6) is 1.10. The number of carbonyl (C=O) groups excluding carboxylic acids is 1. The topological polar surface area (TPSA) is 117 Å². The lowest BCUT2D eigenvalue weighted by Crippen LogP contribution is -2.40. The van der Waals surface area contributed by atoms with E-state index >= 15 is 0 Å². The van der Waals surface area contributed by atoms with E-state index in [0.717, 1.165) is 19.1 Å². The molecule has 0 unspecified atom stereocenters. The van der Waals surface area contributed by atoms with Crippen molar-refractivity contribution in [1.29, 1.82) is 0 Å². The van der Waals surface area contributed by atoms with Crippen molar-refractivity contribution < 1.29 is 22.7 Å². The number of carbonyl (C=O) groups is 1. The molecule has 0 saturated carbocycles. The number of hydrogen-bond acceptors (Lipinski definition) is 8. The predicted octanol–water partition coefficient (Wildman–Crippen LogP) is 3.45. The van der Waals surface area contributed by atoms with E-state index in [0.29, 0.717) is 48.3 Å². The Labute approximate surface area is 192 Å². The molecule has 0 radical (unpaired) electrons. The van der Waals surface area contributed by atoms with Crippen molar-refractivity contribution in [2.24, 2.45) is 5.92 Å². The minimum atomic E-state index is -3.28. The van der Waals surface area contributed by atoms with E-state index in [9.17, 15) is 13.2 Å². The zero-order chi connectivity index (χ0) is 23.6. The van der Waals surface area contributed by atoms with Gasteiger partial charge < -0.3 is 14.4 Å². The first-order valence-electron chi connectivity index (χ1n) is 10.8. The number of sulfone groups is 1. The number of likely N-dealkylation sites (tertiary alicyclic amines) is 1. The highest BCUT2D eigenvalue weighted by atomic mass is 32.2. The van der Waals surface area contributed by atoms with E-state index in [2.05, 4.69) is 15.1 Å². The van der Waals surface area contributed by atoms with Crippen LogP contribution in [0.25, 0.3) is 11.0 Å². The summed E-state index contributed by atoms with van der Waals surface area (Å²) in [5.41, 5.74) is 0.647. The first-order valence-corrected chi connectivity index (χ1v) is 12.7. The largest absolute Gasteiger partial charge is 0.449 e. The normalized spacial score (nSPS) is 15.2. The van der Waals surface area contributed by atoms with Gasteiger partial charge in [-0.15, -0.1) is 0 Å². The number of ether oxygens (including phenoxy) is 2. The Morgan fingerprint density at radius 2 is 1.85 bits per heavy atom. The van der Waals surface area contributed by atoms with Crippen LogP contribution >= 0.6 is 0 Å². The van der Waals surface area contributed by atoms with Crippen molar-refractivity contribution in [3.05, 3.63) is 36.8 Å². The SMILES string of the molecule is CC(C)COC(=O)N1CCC(n2ncc3c(Oc4ccc(S(C)(=O)=O)cc4)ncnc32)CC1. The summed E-state index contributed by atoms with van der Waals surface area (Å²) in [7, 11) is -3.28. The Hall–Kier alpha value is -3.21. The fraction of sp³-hybridized carbons (Fsp3) is 0.455. The summed E-state index contributed by atoms with van der Waals surface area (Å²) in [4.78, 5) is 22.8. The number of piperidine rings is 1. The van der Waals surface area contributed by atoms with E-state index in [1.165, 1.54) is 18.5 Å². The third-order valence-electron chi connectivity index (χ3n) is 5.43. The summed E-state index contributed by atoms with van der Waals surface area (Å²) in [6, 6.07) is 6.25. The molecule has 1 amide bonds. The lowest BCUT2D eigenvalue weighted by atomic mass is 10.1. The lowest BCUT2D eigenvalue weighted by Gasteiger charge is -2.31. The Morgan fingerprint density at radius 1 is 1.15 bits per heavy atom. The first-order chi connectivity index (χ1) is 15.7. The average molecular weight is 474 g/mol. The smallest absolute Gasteiger partial charge is 0.409 e. The van der Waals surface area contributed by atoms with Crippen molar-refractivity contribution in [1.82, 2.24) is 24.6 Å². The molecule has 3 heterocycles. The van der Waals surface area contributed by atoms with Crippen LogP contribution in [0.5, 0.6) is 11.6 Å². The molecule has 1 saturated heterocycles. The van der Waals surface area contributed by atoms with Gasteiger partial charge in [0, 0.05) is 19.3 Å². The molecule has 176 valence electrons. The molecule has 1 fully saturated rings. The van der Waals surface area contributed by atoms with Gasteiger partial charge in [0.2, 0.25) is 5.88 Å². The molecule has 0 N–H and O–H groups in total. The first kappa shape index (κ1) is 23.0. The van der Waals surface area contributed by atoms with Gasteiger partial charge in [-0.25, -0.2) is 27.9 Å². The van der Waals surface area contributed by atoms with Gasteiger partial charge in [-0.3, -0.25) is 0 Å². The van der Waals surface area contributed by atoms with Gasteiger partial charge in [0.05, 0.1) is 23.7 Å². The molecule has 0 bridgehead atoms. The third kappa shape index (κ3) is 5.24. The van der Waals surface area contributed by atoms with Crippen LogP contribution in [0.15, 0.2) is 41.7 Å². The summed E-state index contributed by atoms with van der Waals surface area (Å²) in [6.45, 7) is 5.60. The van der Waals surface area contributed by atoms with Gasteiger partial charge >= 0.3 is 6.09 Å². The van der Waals surface area contributed by atoms with Gasteiger partial charge in [0.25, 0.3) is 0 Å². The van der Waals surface area contributed by atoms with Crippen molar-refractivity contribution in [3.8, 4) is 11.6 Å². The van der Waals surface area contributed by atoms with Crippen LogP contribution in [0.3, 0.4) is 0 Å². The molecule has 4 rings (SSSR count). The Balaban J connectivity index is 1.46. The standard InChI is InChI=1S/C22H27N5O5S/c1-15(2)13-31-22(28)26-10-8-16(9-11-26)27-20-19(12-25-27)21(24-14-23-20)32-17-4-6-18(7-5-17)33(3,29)30/h4-7,12,14-16H,8-11,13H2,1-3H3. The molecular weight excluding hydrogens is 446 g/mol. The summed E-state index contributed by atoms with van der Waals surface area (Å²) in [5, 5.41) is 5.17.